The van der Waals surface area contributed by atoms with Crippen LogP contribution in [0.5, 0.6) is 0 Å². The number of urea groups is 1. The molecule has 168 valence electrons. The van der Waals surface area contributed by atoms with Crippen LogP contribution in [-0.2, 0) is 17.7 Å². The van der Waals surface area contributed by atoms with E-state index in [9.17, 15) is 4.79 Å². The zero-order valence-electron chi connectivity index (χ0n) is 19.3. The fraction of sp³-hybridized carbons (Fsp3) is 0.500. The predicted molar refractivity (Wildman–Crippen MR) is 127 cm³/mol. The Morgan fingerprint density at radius 1 is 1.03 bits per heavy atom. The summed E-state index contributed by atoms with van der Waals surface area (Å²) in [5.74, 6) is 0. The molecule has 0 radical (unpaired) electrons. The Hall–Kier alpha value is -2.37. The van der Waals surface area contributed by atoms with Crippen LogP contribution in [0.15, 0.2) is 54.6 Å². The molecule has 1 fully saturated rings. The lowest BCUT2D eigenvalue weighted by Crippen LogP contribution is -2.42. The van der Waals surface area contributed by atoms with Crippen LogP contribution < -0.4 is 5.32 Å². The Kier molecular flexibility index (Phi) is 8.50. The molecule has 1 aliphatic heterocycles. The van der Waals surface area contributed by atoms with Crippen LogP contribution in [0, 0.1) is 5.41 Å². The third-order valence-corrected chi connectivity index (χ3v) is 6.33. The minimum atomic E-state index is -0.107. The van der Waals surface area contributed by atoms with Gasteiger partial charge >= 0.3 is 6.03 Å². The van der Waals surface area contributed by atoms with Gasteiger partial charge in [-0.2, -0.15) is 0 Å². The zero-order chi connectivity index (χ0) is 22.1. The van der Waals surface area contributed by atoms with E-state index < -0.39 is 0 Å². The van der Waals surface area contributed by atoms with E-state index in [2.05, 4.69) is 59.6 Å². The number of likely N-dealkylation sites (tertiary alicyclic amines) is 1. The molecule has 2 aromatic carbocycles. The van der Waals surface area contributed by atoms with Gasteiger partial charge in [0.1, 0.15) is 0 Å². The summed E-state index contributed by atoms with van der Waals surface area (Å²) in [4.78, 5) is 15.9. The molecule has 0 atom stereocenters. The van der Waals surface area contributed by atoms with Crippen LogP contribution in [0.1, 0.15) is 37.3 Å². The number of nitrogens with zero attached hydrogens (tertiary/aromatic N) is 2. The summed E-state index contributed by atoms with van der Waals surface area (Å²) in [6.45, 7) is 6.88. The number of ether oxygens (including phenoxy) is 1. The average molecular weight is 424 g/mol. The molecule has 1 heterocycles. The Labute approximate surface area is 187 Å². The molecule has 0 bridgehead atoms. The second kappa shape index (κ2) is 11.3. The van der Waals surface area contributed by atoms with Crippen LogP contribution >= 0.6 is 0 Å². The number of rotatable bonds is 9. The topological polar surface area (TPSA) is 44.8 Å². The zero-order valence-corrected chi connectivity index (χ0v) is 19.3. The Morgan fingerprint density at radius 2 is 1.71 bits per heavy atom. The van der Waals surface area contributed by atoms with Gasteiger partial charge in [0.2, 0.25) is 0 Å². The maximum Gasteiger partial charge on any atom is 0.321 e. The Balaban J connectivity index is 1.52. The number of carbonyl (C=O) groups excluding carboxylic acids is 1. The molecular weight excluding hydrogens is 386 g/mol. The third-order valence-electron chi connectivity index (χ3n) is 6.33. The Bertz CT molecular complexity index is 797. The van der Waals surface area contributed by atoms with Crippen molar-refractivity contribution in [2.24, 2.45) is 5.41 Å². The van der Waals surface area contributed by atoms with Crippen molar-refractivity contribution in [3.63, 3.8) is 0 Å². The van der Waals surface area contributed by atoms with Gasteiger partial charge in [-0.1, -0.05) is 42.5 Å². The van der Waals surface area contributed by atoms with Crippen LogP contribution in [0.3, 0.4) is 0 Å². The van der Waals surface area contributed by atoms with Crippen molar-refractivity contribution in [1.82, 2.24) is 9.80 Å². The first kappa shape index (κ1) is 23.3. The fourth-order valence-corrected chi connectivity index (χ4v) is 4.21. The molecule has 0 saturated carbocycles. The van der Waals surface area contributed by atoms with Crippen molar-refractivity contribution in [1.29, 1.82) is 0 Å². The number of carbonyl (C=O) groups is 1. The quantitative estimate of drug-likeness (QED) is 0.615. The molecule has 0 unspecified atom stereocenters. The molecule has 5 heteroatoms. The lowest BCUT2D eigenvalue weighted by Gasteiger charge is -2.42. The van der Waals surface area contributed by atoms with Crippen molar-refractivity contribution in [3.8, 4) is 0 Å². The molecule has 2 amide bonds. The first-order chi connectivity index (χ1) is 15.0. The molecule has 1 N–H and O–H groups in total. The van der Waals surface area contributed by atoms with E-state index in [4.69, 9.17) is 4.74 Å². The highest BCUT2D eigenvalue weighted by Gasteiger charge is 2.34. The summed E-state index contributed by atoms with van der Waals surface area (Å²) in [7, 11) is 3.48. The average Bonchev–Trinajstić information content (AvgIpc) is 2.80. The summed E-state index contributed by atoms with van der Waals surface area (Å²) in [6, 6.07) is 18.9. The maximum absolute atomic E-state index is 11.8. The number of hydrogen-bond donors (Lipinski definition) is 1. The van der Waals surface area contributed by atoms with Crippen molar-refractivity contribution >= 4 is 11.7 Å². The number of hydrogen-bond acceptors (Lipinski definition) is 3. The van der Waals surface area contributed by atoms with Gasteiger partial charge in [-0.15, -0.1) is 0 Å². The molecule has 1 saturated heterocycles. The smallest absolute Gasteiger partial charge is 0.321 e. The van der Waals surface area contributed by atoms with Crippen LogP contribution in [0.25, 0.3) is 0 Å². The number of anilines is 1. The number of benzene rings is 2. The molecule has 2 aromatic rings. The molecule has 0 aromatic heterocycles. The number of piperidine rings is 1. The standard InChI is InChI=1S/C26H37N3O2/c1-4-31-21-26(15-14-22-8-6-5-7-9-22)16-18-29(19-17-26)20-23-10-12-24(13-11-23)27-25(30)28(2)3/h5-13H,4,14-21H2,1-3H3,(H,27,30). The van der Waals surface area contributed by atoms with Crippen molar-refractivity contribution < 1.29 is 9.53 Å². The van der Waals surface area contributed by atoms with E-state index in [0.717, 1.165) is 45.0 Å². The minimum absolute atomic E-state index is 0.107. The molecule has 0 aliphatic carbocycles. The first-order valence-electron chi connectivity index (χ1n) is 11.4. The van der Waals surface area contributed by atoms with Crippen LogP contribution in [0.2, 0.25) is 0 Å². The summed E-state index contributed by atoms with van der Waals surface area (Å²) in [5, 5.41) is 2.89. The SMILES string of the molecule is CCOCC1(CCc2ccccc2)CCN(Cc2ccc(NC(=O)N(C)C)cc2)CC1. The number of nitrogens with one attached hydrogen (secondary N) is 1. The largest absolute Gasteiger partial charge is 0.381 e. The van der Waals surface area contributed by atoms with Crippen molar-refractivity contribution in [2.75, 3.05) is 45.7 Å². The highest BCUT2D eigenvalue weighted by molar-refractivity contribution is 5.88. The molecular formula is C26H37N3O2. The van der Waals surface area contributed by atoms with Gasteiger partial charge in [0, 0.05) is 32.9 Å². The van der Waals surface area contributed by atoms with Crippen LogP contribution in [0.4, 0.5) is 10.5 Å². The van der Waals surface area contributed by atoms with Crippen molar-refractivity contribution in [3.05, 3.63) is 65.7 Å². The second-order valence-electron chi connectivity index (χ2n) is 8.92. The predicted octanol–water partition coefficient (Wildman–Crippen LogP) is 5.03. The van der Waals surface area contributed by atoms with Gasteiger partial charge in [-0.05, 0) is 74.4 Å². The van der Waals surface area contributed by atoms with Gasteiger partial charge in [0.25, 0.3) is 0 Å². The van der Waals surface area contributed by atoms with Crippen molar-refractivity contribution in [2.45, 2.75) is 39.2 Å². The molecule has 1 aliphatic rings. The first-order valence-corrected chi connectivity index (χ1v) is 11.4. The molecule has 5 nitrogen and oxygen atoms in total. The molecule has 31 heavy (non-hydrogen) atoms. The van der Waals surface area contributed by atoms with Gasteiger partial charge < -0.3 is 15.0 Å². The summed E-state index contributed by atoms with van der Waals surface area (Å²) in [6.07, 6.45) is 4.66. The molecule has 0 spiro atoms. The van der Waals surface area contributed by atoms with E-state index in [1.165, 1.54) is 35.3 Å². The van der Waals surface area contributed by atoms with E-state index in [1.54, 1.807) is 14.1 Å². The number of aryl methyl sites for hydroxylation is 1. The highest BCUT2D eigenvalue weighted by atomic mass is 16.5. The highest BCUT2D eigenvalue weighted by Crippen LogP contribution is 2.37. The minimum Gasteiger partial charge on any atom is -0.381 e. The monoisotopic (exact) mass is 423 g/mol. The van der Waals surface area contributed by atoms with Crippen LogP contribution in [-0.4, -0.2) is 56.2 Å². The summed E-state index contributed by atoms with van der Waals surface area (Å²) in [5.41, 5.74) is 3.81. The Morgan fingerprint density at radius 3 is 2.32 bits per heavy atom. The molecule has 3 rings (SSSR count). The third kappa shape index (κ3) is 7.08. The van der Waals surface area contributed by atoms with E-state index >= 15 is 0 Å². The van der Waals surface area contributed by atoms with E-state index in [-0.39, 0.29) is 11.4 Å². The second-order valence-corrected chi connectivity index (χ2v) is 8.92. The van der Waals surface area contributed by atoms with Gasteiger partial charge in [0.15, 0.2) is 0 Å². The van der Waals surface area contributed by atoms with E-state index in [0.29, 0.717) is 0 Å². The maximum atomic E-state index is 11.8. The van der Waals surface area contributed by atoms with Gasteiger partial charge in [-0.3, -0.25) is 4.90 Å². The lowest BCUT2D eigenvalue weighted by molar-refractivity contribution is -0.00232. The normalized spacial score (nSPS) is 16.1. The fourth-order valence-electron chi connectivity index (χ4n) is 4.21. The number of amides is 2. The van der Waals surface area contributed by atoms with Gasteiger partial charge in [-0.25, -0.2) is 4.79 Å². The van der Waals surface area contributed by atoms with Gasteiger partial charge in [0.05, 0.1) is 6.61 Å². The van der Waals surface area contributed by atoms with E-state index in [1.807, 2.05) is 12.1 Å². The summed E-state index contributed by atoms with van der Waals surface area (Å²) < 4.78 is 5.92. The summed E-state index contributed by atoms with van der Waals surface area (Å²) >= 11 is 0. The lowest BCUT2D eigenvalue weighted by atomic mass is 9.74.